The third-order valence-corrected chi connectivity index (χ3v) is 8.36. The maximum atomic E-state index is 12.8. The Labute approximate surface area is 219 Å². The van der Waals surface area contributed by atoms with E-state index in [1.807, 2.05) is 11.1 Å². The molecule has 2 aliphatic rings. The number of aryl methyl sites for hydroxylation is 3. The van der Waals surface area contributed by atoms with Crippen LogP contribution in [0.3, 0.4) is 0 Å². The average molecular weight is 591 g/mol. The molecule has 7 heteroatoms. The van der Waals surface area contributed by atoms with Crippen LogP contribution in [0.25, 0.3) is 0 Å². The van der Waals surface area contributed by atoms with Crippen molar-refractivity contribution < 1.29 is 9.59 Å². The van der Waals surface area contributed by atoms with Crippen LogP contribution in [0.5, 0.6) is 0 Å². The lowest BCUT2D eigenvalue weighted by molar-refractivity contribution is -0.132. The van der Waals surface area contributed by atoms with Gasteiger partial charge in [-0.1, -0.05) is 28.4 Å². The van der Waals surface area contributed by atoms with E-state index in [4.69, 9.17) is 10.7 Å². The molecule has 0 saturated carbocycles. The minimum absolute atomic E-state index is 0.234. The molecule has 1 fully saturated rings. The van der Waals surface area contributed by atoms with Gasteiger partial charge in [-0.3, -0.25) is 14.6 Å². The number of amides is 2. The molecule has 5 nitrogen and oxygen atoms in total. The molecular weight excluding hydrogens is 558 g/mol. The van der Waals surface area contributed by atoms with Crippen molar-refractivity contribution >= 4 is 43.7 Å². The highest BCUT2D eigenvalue weighted by atomic mass is 79.9. The van der Waals surface area contributed by atoms with E-state index in [0.717, 1.165) is 62.5 Å². The molecule has 4 rings (SSSR count). The van der Waals surface area contributed by atoms with Crippen molar-refractivity contribution in [2.45, 2.75) is 70.6 Å². The lowest BCUT2D eigenvalue weighted by Crippen LogP contribution is -2.40. The highest BCUT2D eigenvalue weighted by Gasteiger charge is 2.36. The fourth-order valence-corrected chi connectivity index (χ4v) is 6.85. The molecule has 2 amide bonds. The van der Waals surface area contributed by atoms with Gasteiger partial charge in [-0.2, -0.15) is 0 Å². The van der Waals surface area contributed by atoms with E-state index >= 15 is 0 Å². The number of nitrogens with two attached hydrogens (primary N) is 1. The van der Waals surface area contributed by atoms with Crippen molar-refractivity contribution in [3.63, 3.8) is 0 Å². The van der Waals surface area contributed by atoms with Crippen LogP contribution in [-0.4, -0.2) is 34.8 Å². The number of hydrogen-bond acceptors (Lipinski definition) is 3. The summed E-state index contributed by atoms with van der Waals surface area (Å²) in [6.45, 7) is 3.75. The molecule has 2 heterocycles. The average Bonchev–Trinajstić information content (AvgIpc) is 2.95. The van der Waals surface area contributed by atoms with Crippen molar-refractivity contribution in [2.75, 3.05) is 13.1 Å². The molecule has 1 aromatic heterocycles. The highest BCUT2D eigenvalue weighted by Crippen LogP contribution is 2.45. The molecule has 1 atom stereocenters. The first kappa shape index (κ1) is 25.4. The van der Waals surface area contributed by atoms with Crippen LogP contribution in [0, 0.1) is 12.8 Å². The number of fused-ring (bicyclic) bond motifs is 2. The third kappa shape index (κ3) is 5.91. The summed E-state index contributed by atoms with van der Waals surface area (Å²) in [5.74, 6) is 0.654. The summed E-state index contributed by atoms with van der Waals surface area (Å²) in [5.41, 5.74) is 11.8. The van der Waals surface area contributed by atoms with Crippen molar-refractivity contribution in [3.05, 3.63) is 61.3 Å². The first-order valence-electron chi connectivity index (χ1n) is 12.3. The van der Waals surface area contributed by atoms with Crippen LogP contribution in [0.1, 0.15) is 78.8 Å². The predicted molar refractivity (Wildman–Crippen MR) is 142 cm³/mol. The second-order valence-electron chi connectivity index (χ2n) is 9.74. The Kier molecular flexibility index (Phi) is 8.46. The van der Waals surface area contributed by atoms with Gasteiger partial charge in [0.2, 0.25) is 11.8 Å². The molecule has 0 radical (unpaired) electrons. The van der Waals surface area contributed by atoms with Gasteiger partial charge in [0.25, 0.3) is 0 Å². The third-order valence-electron chi connectivity index (χ3n) is 7.27. The minimum atomic E-state index is -0.265. The topological polar surface area (TPSA) is 76.3 Å². The van der Waals surface area contributed by atoms with Gasteiger partial charge in [0.1, 0.15) is 0 Å². The Morgan fingerprint density at radius 3 is 2.47 bits per heavy atom. The van der Waals surface area contributed by atoms with Gasteiger partial charge in [-0.05, 0) is 102 Å². The standard InChI is InChI=1S/C27H33Br2N3O2/c1-17-13-19-7-8-20-15-21(28)16-31-27(20)26(25(19)22(29)14-17)18-9-11-32(12-10-18)24(34)6-4-2-3-5-23(30)33/h13-16,18,26H,2-12H2,1H3,(H2,30,33)/t26-/m1/s1. The predicted octanol–water partition coefficient (Wildman–Crippen LogP) is 5.82. The van der Waals surface area contributed by atoms with Crippen LogP contribution < -0.4 is 5.73 Å². The van der Waals surface area contributed by atoms with Crippen molar-refractivity contribution in [3.8, 4) is 0 Å². The number of carbonyl (C=O) groups excluding carboxylic acids is 2. The summed E-state index contributed by atoms with van der Waals surface area (Å²) in [4.78, 5) is 30.6. The lowest BCUT2D eigenvalue weighted by Gasteiger charge is -2.37. The summed E-state index contributed by atoms with van der Waals surface area (Å²) in [6, 6.07) is 6.80. The lowest BCUT2D eigenvalue weighted by atomic mass is 9.76. The first-order valence-corrected chi connectivity index (χ1v) is 13.9. The van der Waals surface area contributed by atoms with Gasteiger partial charge in [-0.15, -0.1) is 0 Å². The van der Waals surface area contributed by atoms with Crippen LogP contribution in [-0.2, 0) is 22.4 Å². The molecular formula is C27H33Br2N3O2. The number of rotatable bonds is 7. The van der Waals surface area contributed by atoms with Gasteiger partial charge >= 0.3 is 0 Å². The normalized spacial score (nSPS) is 18.2. The Morgan fingerprint density at radius 1 is 1.03 bits per heavy atom. The van der Waals surface area contributed by atoms with E-state index in [1.165, 1.54) is 32.4 Å². The molecule has 1 aliphatic carbocycles. The number of primary amides is 1. The van der Waals surface area contributed by atoms with Crippen LogP contribution in [0.4, 0.5) is 0 Å². The smallest absolute Gasteiger partial charge is 0.222 e. The van der Waals surface area contributed by atoms with E-state index in [9.17, 15) is 9.59 Å². The second kappa shape index (κ2) is 11.3. The molecule has 1 aromatic carbocycles. The number of aromatic nitrogens is 1. The number of piperidine rings is 1. The maximum absolute atomic E-state index is 12.8. The molecule has 34 heavy (non-hydrogen) atoms. The summed E-state index contributed by atoms with van der Waals surface area (Å²) in [5, 5.41) is 0. The van der Waals surface area contributed by atoms with Crippen LogP contribution in [0.15, 0.2) is 33.3 Å². The van der Waals surface area contributed by atoms with E-state index in [0.29, 0.717) is 18.8 Å². The summed E-state index contributed by atoms with van der Waals surface area (Å²) < 4.78 is 2.21. The van der Waals surface area contributed by atoms with Crippen LogP contribution >= 0.6 is 31.9 Å². The molecule has 0 bridgehead atoms. The summed E-state index contributed by atoms with van der Waals surface area (Å²) in [7, 11) is 0. The van der Waals surface area contributed by atoms with Crippen molar-refractivity contribution in [1.29, 1.82) is 0 Å². The fraction of sp³-hybridized carbons (Fsp3) is 0.519. The number of benzene rings is 1. The van der Waals surface area contributed by atoms with E-state index < -0.39 is 0 Å². The zero-order valence-corrected chi connectivity index (χ0v) is 23.0. The Morgan fingerprint density at radius 2 is 1.74 bits per heavy atom. The molecule has 0 unspecified atom stereocenters. The Hall–Kier alpha value is -1.73. The Bertz CT molecular complexity index is 1060. The molecule has 1 saturated heterocycles. The molecule has 182 valence electrons. The van der Waals surface area contributed by atoms with Gasteiger partial charge in [0.05, 0.1) is 5.69 Å². The van der Waals surface area contributed by atoms with Gasteiger partial charge in [0, 0.05) is 47.0 Å². The zero-order valence-electron chi connectivity index (χ0n) is 19.8. The number of nitrogens with zero attached hydrogens (tertiary/aromatic N) is 2. The van der Waals surface area contributed by atoms with E-state index in [-0.39, 0.29) is 17.7 Å². The quantitative estimate of drug-likeness (QED) is 0.413. The van der Waals surface area contributed by atoms with Gasteiger partial charge < -0.3 is 10.6 Å². The second-order valence-corrected chi connectivity index (χ2v) is 11.5. The van der Waals surface area contributed by atoms with E-state index in [1.54, 1.807) is 0 Å². The molecule has 2 N–H and O–H groups in total. The zero-order chi connectivity index (χ0) is 24.2. The van der Waals surface area contributed by atoms with Crippen molar-refractivity contribution in [2.24, 2.45) is 11.7 Å². The number of unbranched alkanes of at least 4 members (excludes halogenated alkanes) is 2. The largest absolute Gasteiger partial charge is 0.370 e. The van der Waals surface area contributed by atoms with Crippen LogP contribution in [0.2, 0.25) is 0 Å². The molecule has 2 aromatic rings. The van der Waals surface area contributed by atoms with Crippen molar-refractivity contribution in [1.82, 2.24) is 9.88 Å². The monoisotopic (exact) mass is 589 g/mol. The minimum Gasteiger partial charge on any atom is -0.370 e. The van der Waals surface area contributed by atoms with E-state index in [2.05, 4.69) is 57.0 Å². The molecule has 1 aliphatic heterocycles. The summed E-state index contributed by atoms with van der Waals surface area (Å²) >= 11 is 7.51. The first-order chi connectivity index (χ1) is 16.3. The number of halogens is 2. The Balaban J connectivity index is 1.48. The number of hydrogen-bond donors (Lipinski definition) is 1. The SMILES string of the molecule is Cc1cc(Br)c2c(c1)CCc1cc(Br)cnc1[C@@H]2C1CCN(C(=O)CCCCCC(N)=O)CC1. The fourth-order valence-electron chi connectivity index (χ4n) is 5.61. The maximum Gasteiger partial charge on any atom is 0.222 e. The highest BCUT2D eigenvalue weighted by molar-refractivity contribution is 9.10. The molecule has 0 spiro atoms. The number of pyridine rings is 1. The summed E-state index contributed by atoms with van der Waals surface area (Å²) in [6.07, 6.45) is 9.32. The number of carbonyl (C=O) groups is 2. The van der Waals surface area contributed by atoms with Gasteiger partial charge in [0.15, 0.2) is 0 Å². The number of likely N-dealkylation sites (tertiary alicyclic amines) is 1. The van der Waals surface area contributed by atoms with Gasteiger partial charge in [-0.25, -0.2) is 0 Å².